The number of nitrogens with zero attached hydrogens (tertiary/aromatic N) is 3. The van der Waals surface area contributed by atoms with Crippen LogP contribution in [0.1, 0.15) is 26.7 Å². The smallest absolute Gasteiger partial charge is 0.205 e. The Kier molecular flexibility index (Phi) is 3.49. The molecule has 0 spiro atoms. The van der Waals surface area contributed by atoms with Gasteiger partial charge >= 0.3 is 0 Å². The number of anilines is 1. The molecule has 4 nitrogen and oxygen atoms in total. The Labute approximate surface area is 97.4 Å². The molecule has 0 radical (unpaired) electrons. The number of imidazole rings is 1. The van der Waals surface area contributed by atoms with E-state index in [4.69, 9.17) is 5.73 Å². The predicted molar refractivity (Wildman–Crippen MR) is 66.5 cm³/mol. The number of nitrogens with two attached hydrogens (primary N) is 1. The molecule has 1 aromatic rings. The number of aryl methyl sites for hydroxylation is 1. The maximum atomic E-state index is 6.04. The van der Waals surface area contributed by atoms with Gasteiger partial charge in [-0.3, -0.25) is 0 Å². The fourth-order valence-electron chi connectivity index (χ4n) is 2.35. The molecule has 1 aliphatic rings. The molecule has 0 bridgehead atoms. The molecule has 2 rings (SSSR count). The second-order valence-corrected chi connectivity index (χ2v) is 4.80. The standard InChI is InChI=1S/C12H22N4/c1-3-6-15-8-5-14-12(15)16-7-4-11(13)10(2)9-16/h5,8,10-11H,3-4,6-7,9,13H2,1-2H3. The molecule has 90 valence electrons. The molecule has 1 aliphatic heterocycles. The van der Waals surface area contributed by atoms with Crippen LogP contribution in [-0.4, -0.2) is 28.7 Å². The lowest BCUT2D eigenvalue weighted by Gasteiger charge is -2.35. The lowest BCUT2D eigenvalue weighted by Crippen LogP contribution is -2.46. The summed E-state index contributed by atoms with van der Waals surface area (Å²) in [5.74, 6) is 1.67. The highest BCUT2D eigenvalue weighted by atomic mass is 15.3. The zero-order valence-electron chi connectivity index (χ0n) is 10.3. The van der Waals surface area contributed by atoms with Crippen LogP contribution in [0.25, 0.3) is 0 Å². The van der Waals surface area contributed by atoms with Crippen LogP contribution in [0.15, 0.2) is 12.4 Å². The third-order valence-corrected chi connectivity index (χ3v) is 3.41. The van der Waals surface area contributed by atoms with Crippen LogP contribution in [0, 0.1) is 5.92 Å². The van der Waals surface area contributed by atoms with Crippen molar-refractivity contribution in [2.75, 3.05) is 18.0 Å². The lowest BCUT2D eigenvalue weighted by molar-refractivity contribution is 0.377. The SMILES string of the molecule is CCCn1ccnc1N1CCC(N)C(C)C1. The van der Waals surface area contributed by atoms with Gasteiger partial charge in [0, 0.05) is 38.1 Å². The zero-order chi connectivity index (χ0) is 11.5. The fraction of sp³-hybridized carbons (Fsp3) is 0.750. The molecular formula is C12H22N4. The van der Waals surface area contributed by atoms with Crippen molar-refractivity contribution in [2.45, 2.75) is 39.3 Å². The van der Waals surface area contributed by atoms with Crippen LogP contribution < -0.4 is 10.6 Å². The van der Waals surface area contributed by atoms with Crippen LogP contribution in [0.3, 0.4) is 0 Å². The summed E-state index contributed by atoms with van der Waals surface area (Å²) in [6.07, 6.45) is 6.18. The number of hydrogen-bond acceptors (Lipinski definition) is 3. The largest absolute Gasteiger partial charge is 0.342 e. The Hall–Kier alpha value is -1.03. The van der Waals surface area contributed by atoms with Crippen molar-refractivity contribution in [1.82, 2.24) is 9.55 Å². The Bertz CT molecular complexity index is 334. The molecule has 4 heteroatoms. The molecule has 0 aromatic carbocycles. The summed E-state index contributed by atoms with van der Waals surface area (Å²) in [7, 11) is 0. The lowest BCUT2D eigenvalue weighted by atomic mass is 9.95. The van der Waals surface area contributed by atoms with E-state index in [0.717, 1.165) is 38.4 Å². The summed E-state index contributed by atoms with van der Waals surface area (Å²) in [6.45, 7) is 7.53. The molecular weight excluding hydrogens is 200 g/mol. The van der Waals surface area contributed by atoms with E-state index < -0.39 is 0 Å². The van der Waals surface area contributed by atoms with Crippen molar-refractivity contribution >= 4 is 5.95 Å². The van der Waals surface area contributed by atoms with Gasteiger partial charge in [-0.05, 0) is 18.8 Å². The van der Waals surface area contributed by atoms with E-state index in [1.165, 1.54) is 0 Å². The molecule has 0 amide bonds. The molecule has 16 heavy (non-hydrogen) atoms. The monoisotopic (exact) mass is 222 g/mol. The fourth-order valence-corrected chi connectivity index (χ4v) is 2.35. The highest BCUT2D eigenvalue weighted by Crippen LogP contribution is 2.21. The summed E-state index contributed by atoms with van der Waals surface area (Å²) in [5, 5.41) is 0. The molecule has 0 saturated carbocycles. The van der Waals surface area contributed by atoms with Crippen LogP contribution in [-0.2, 0) is 6.54 Å². The van der Waals surface area contributed by atoms with Gasteiger partial charge in [-0.1, -0.05) is 13.8 Å². The molecule has 1 saturated heterocycles. The van der Waals surface area contributed by atoms with Crippen molar-refractivity contribution in [1.29, 1.82) is 0 Å². The van der Waals surface area contributed by atoms with Crippen LogP contribution in [0.2, 0.25) is 0 Å². The maximum Gasteiger partial charge on any atom is 0.205 e. The maximum absolute atomic E-state index is 6.04. The third kappa shape index (κ3) is 2.21. The first-order chi connectivity index (χ1) is 7.72. The summed E-state index contributed by atoms with van der Waals surface area (Å²) >= 11 is 0. The Morgan fingerprint density at radius 1 is 1.56 bits per heavy atom. The molecule has 1 fully saturated rings. The molecule has 0 aliphatic carbocycles. The average molecular weight is 222 g/mol. The van der Waals surface area contributed by atoms with Gasteiger partial charge in [-0.2, -0.15) is 0 Å². The van der Waals surface area contributed by atoms with Crippen molar-refractivity contribution in [3.63, 3.8) is 0 Å². The number of rotatable bonds is 3. The third-order valence-electron chi connectivity index (χ3n) is 3.41. The quantitative estimate of drug-likeness (QED) is 0.842. The average Bonchev–Trinajstić information content (AvgIpc) is 2.71. The number of hydrogen-bond donors (Lipinski definition) is 1. The Morgan fingerprint density at radius 2 is 2.38 bits per heavy atom. The van der Waals surface area contributed by atoms with Crippen LogP contribution >= 0.6 is 0 Å². The molecule has 2 heterocycles. The minimum absolute atomic E-state index is 0.353. The van der Waals surface area contributed by atoms with Gasteiger partial charge in [0.1, 0.15) is 0 Å². The topological polar surface area (TPSA) is 47.1 Å². The number of piperidine rings is 1. The van der Waals surface area contributed by atoms with Crippen LogP contribution in [0.4, 0.5) is 5.95 Å². The second kappa shape index (κ2) is 4.87. The zero-order valence-corrected chi connectivity index (χ0v) is 10.3. The van der Waals surface area contributed by atoms with E-state index in [2.05, 4.69) is 34.5 Å². The van der Waals surface area contributed by atoms with E-state index in [1.807, 2.05) is 6.20 Å². The van der Waals surface area contributed by atoms with E-state index in [1.54, 1.807) is 0 Å². The normalized spacial score (nSPS) is 26.1. The van der Waals surface area contributed by atoms with E-state index >= 15 is 0 Å². The second-order valence-electron chi connectivity index (χ2n) is 4.80. The van der Waals surface area contributed by atoms with Crippen molar-refractivity contribution in [2.24, 2.45) is 11.7 Å². The van der Waals surface area contributed by atoms with Crippen molar-refractivity contribution in [3.8, 4) is 0 Å². The van der Waals surface area contributed by atoms with Gasteiger partial charge in [0.25, 0.3) is 0 Å². The van der Waals surface area contributed by atoms with E-state index in [9.17, 15) is 0 Å². The Morgan fingerprint density at radius 3 is 3.06 bits per heavy atom. The summed E-state index contributed by atoms with van der Waals surface area (Å²) in [5.41, 5.74) is 6.04. The Balaban J connectivity index is 2.09. The highest BCUT2D eigenvalue weighted by molar-refractivity contribution is 5.32. The van der Waals surface area contributed by atoms with E-state index in [-0.39, 0.29) is 0 Å². The predicted octanol–water partition coefficient (Wildman–Crippen LogP) is 1.47. The summed E-state index contributed by atoms with van der Waals surface area (Å²) in [4.78, 5) is 6.83. The number of aromatic nitrogens is 2. The molecule has 2 unspecified atom stereocenters. The van der Waals surface area contributed by atoms with Gasteiger partial charge in [0.2, 0.25) is 5.95 Å². The highest BCUT2D eigenvalue weighted by Gasteiger charge is 2.25. The first-order valence-electron chi connectivity index (χ1n) is 6.24. The van der Waals surface area contributed by atoms with Crippen molar-refractivity contribution < 1.29 is 0 Å². The summed E-state index contributed by atoms with van der Waals surface area (Å²) < 4.78 is 2.24. The molecule has 2 atom stereocenters. The first-order valence-corrected chi connectivity index (χ1v) is 6.24. The van der Waals surface area contributed by atoms with Gasteiger partial charge in [-0.15, -0.1) is 0 Å². The van der Waals surface area contributed by atoms with Gasteiger partial charge < -0.3 is 15.2 Å². The first kappa shape index (κ1) is 11.5. The van der Waals surface area contributed by atoms with Gasteiger partial charge in [-0.25, -0.2) is 4.98 Å². The van der Waals surface area contributed by atoms with E-state index in [0.29, 0.717) is 12.0 Å². The summed E-state index contributed by atoms with van der Waals surface area (Å²) in [6, 6.07) is 0.353. The molecule has 1 aromatic heterocycles. The van der Waals surface area contributed by atoms with Crippen LogP contribution in [0.5, 0.6) is 0 Å². The minimum Gasteiger partial charge on any atom is -0.342 e. The van der Waals surface area contributed by atoms with Gasteiger partial charge in [0.15, 0.2) is 0 Å². The van der Waals surface area contributed by atoms with Gasteiger partial charge in [0.05, 0.1) is 0 Å². The van der Waals surface area contributed by atoms with Crippen molar-refractivity contribution in [3.05, 3.63) is 12.4 Å². The molecule has 2 N–H and O–H groups in total. The minimum atomic E-state index is 0.353.